The van der Waals surface area contributed by atoms with Gasteiger partial charge in [0.25, 0.3) is 5.91 Å². The minimum atomic E-state index is -0.923. The van der Waals surface area contributed by atoms with E-state index in [1.807, 2.05) is 13.8 Å². The Morgan fingerprint density at radius 1 is 1.50 bits per heavy atom. The average Bonchev–Trinajstić information content (AvgIpc) is 2.79. The molecule has 108 valence electrons. The molecule has 0 aliphatic carbocycles. The van der Waals surface area contributed by atoms with E-state index in [9.17, 15) is 19.3 Å². The number of benzene rings is 1. The Balaban J connectivity index is 2.33. The van der Waals surface area contributed by atoms with Gasteiger partial charge in [-0.1, -0.05) is 6.92 Å². The van der Waals surface area contributed by atoms with Gasteiger partial charge in [-0.25, -0.2) is 0 Å². The van der Waals surface area contributed by atoms with E-state index in [-0.39, 0.29) is 23.6 Å². The summed E-state index contributed by atoms with van der Waals surface area (Å²) in [5, 5.41) is 10.7. The monoisotopic (exact) mass is 280 g/mol. The Morgan fingerprint density at radius 2 is 2.20 bits per heavy atom. The zero-order valence-electron chi connectivity index (χ0n) is 11.5. The molecule has 1 aromatic rings. The Hall–Kier alpha value is -1.98. The molecular weight excluding hydrogens is 263 g/mol. The predicted octanol–water partition coefficient (Wildman–Crippen LogP) is 3.14. The summed E-state index contributed by atoms with van der Waals surface area (Å²) in [6, 6.07) is 3.57. The maximum absolute atomic E-state index is 13.3. The lowest BCUT2D eigenvalue weighted by Crippen LogP contribution is -2.39. The van der Waals surface area contributed by atoms with Gasteiger partial charge in [0.05, 0.1) is 4.92 Å². The first-order valence-electron chi connectivity index (χ1n) is 6.72. The number of halogens is 1. The quantitative estimate of drug-likeness (QED) is 0.631. The van der Waals surface area contributed by atoms with E-state index < -0.39 is 16.4 Å². The number of carbonyl (C=O) groups is 1. The summed E-state index contributed by atoms with van der Waals surface area (Å²) >= 11 is 0. The molecule has 1 amide bonds. The topological polar surface area (TPSA) is 63.5 Å². The molecule has 2 rings (SSSR count). The molecule has 1 fully saturated rings. The van der Waals surface area contributed by atoms with Crippen LogP contribution in [0.25, 0.3) is 0 Å². The predicted molar refractivity (Wildman–Crippen MR) is 72.0 cm³/mol. The van der Waals surface area contributed by atoms with Gasteiger partial charge in [-0.3, -0.25) is 14.9 Å². The molecule has 1 aliphatic rings. The summed E-state index contributed by atoms with van der Waals surface area (Å²) in [5.74, 6) is -1.18. The molecule has 1 aliphatic heterocycles. The Kier molecular flexibility index (Phi) is 4.01. The van der Waals surface area contributed by atoms with Crippen LogP contribution in [0.2, 0.25) is 0 Å². The molecule has 0 N–H and O–H groups in total. The van der Waals surface area contributed by atoms with E-state index in [4.69, 9.17) is 0 Å². The second-order valence-corrected chi connectivity index (χ2v) is 5.12. The van der Waals surface area contributed by atoms with Crippen molar-refractivity contribution in [3.05, 3.63) is 39.7 Å². The van der Waals surface area contributed by atoms with Gasteiger partial charge in [0.15, 0.2) is 0 Å². The van der Waals surface area contributed by atoms with Crippen LogP contribution in [0.15, 0.2) is 18.2 Å². The third-order valence-corrected chi connectivity index (χ3v) is 3.88. The van der Waals surface area contributed by atoms with Crippen molar-refractivity contribution in [2.24, 2.45) is 0 Å². The van der Waals surface area contributed by atoms with Crippen LogP contribution in [0, 0.1) is 15.9 Å². The summed E-state index contributed by atoms with van der Waals surface area (Å²) < 4.78 is 13.3. The van der Waals surface area contributed by atoms with E-state index in [0.717, 1.165) is 31.4 Å². The average molecular weight is 280 g/mol. The van der Waals surface area contributed by atoms with Gasteiger partial charge in [0.2, 0.25) is 5.82 Å². The van der Waals surface area contributed by atoms with Crippen molar-refractivity contribution < 1.29 is 14.1 Å². The second kappa shape index (κ2) is 5.56. The maximum Gasteiger partial charge on any atom is 0.305 e. The van der Waals surface area contributed by atoms with E-state index in [2.05, 4.69) is 0 Å². The van der Waals surface area contributed by atoms with Gasteiger partial charge in [0.1, 0.15) is 0 Å². The van der Waals surface area contributed by atoms with Crippen molar-refractivity contribution in [2.75, 3.05) is 0 Å². The highest BCUT2D eigenvalue weighted by Crippen LogP contribution is 2.29. The fourth-order valence-electron chi connectivity index (χ4n) is 2.77. The van der Waals surface area contributed by atoms with Crippen molar-refractivity contribution in [3.8, 4) is 0 Å². The molecule has 0 saturated carbocycles. The number of nitrogens with zero attached hydrogens (tertiary/aromatic N) is 2. The first-order valence-corrected chi connectivity index (χ1v) is 6.72. The van der Waals surface area contributed by atoms with Crippen LogP contribution < -0.4 is 0 Å². The Bertz CT molecular complexity index is 547. The first kappa shape index (κ1) is 14.4. The SMILES string of the molecule is CCC1CCC(C)N1C(=O)c1ccc(F)c([N+](=O)[O-])c1. The van der Waals surface area contributed by atoms with Crippen LogP contribution in [0.5, 0.6) is 0 Å². The summed E-state index contributed by atoms with van der Waals surface area (Å²) in [5.41, 5.74) is -0.485. The van der Waals surface area contributed by atoms with Crippen molar-refractivity contribution in [1.82, 2.24) is 4.90 Å². The zero-order chi connectivity index (χ0) is 14.9. The third kappa shape index (κ3) is 2.50. The molecule has 1 heterocycles. The third-order valence-electron chi connectivity index (χ3n) is 3.88. The molecule has 1 saturated heterocycles. The van der Waals surface area contributed by atoms with Crippen LogP contribution >= 0.6 is 0 Å². The lowest BCUT2D eigenvalue weighted by molar-refractivity contribution is -0.387. The number of amides is 1. The second-order valence-electron chi connectivity index (χ2n) is 5.12. The number of hydrogen-bond acceptors (Lipinski definition) is 3. The van der Waals surface area contributed by atoms with E-state index in [1.54, 1.807) is 4.90 Å². The molecule has 5 nitrogen and oxygen atoms in total. The summed E-state index contributed by atoms with van der Waals surface area (Å²) in [6.45, 7) is 3.97. The van der Waals surface area contributed by atoms with Crippen LogP contribution in [-0.4, -0.2) is 27.8 Å². The number of likely N-dealkylation sites (tertiary alicyclic amines) is 1. The van der Waals surface area contributed by atoms with Crippen molar-refractivity contribution in [1.29, 1.82) is 0 Å². The Labute approximate surface area is 116 Å². The van der Waals surface area contributed by atoms with Gasteiger partial charge in [-0.2, -0.15) is 4.39 Å². The number of nitro benzene ring substituents is 1. The molecule has 1 aromatic carbocycles. The largest absolute Gasteiger partial charge is 0.333 e. The molecule has 0 radical (unpaired) electrons. The maximum atomic E-state index is 13.3. The lowest BCUT2D eigenvalue weighted by atomic mass is 10.1. The first-order chi connectivity index (χ1) is 9.45. The highest BCUT2D eigenvalue weighted by Gasteiger charge is 2.34. The Morgan fingerprint density at radius 3 is 2.80 bits per heavy atom. The number of nitro groups is 1. The van der Waals surface area contributed by atoms with Gasteiger partial charge in [0, 0.05) is 23.7 Å². The standard InChI is InChI=1S/C14H17FN2O3/c1-3-11-6-4-9(2)16(11)14(18)10-5-7-12(15)13(8-10)17(19)20/h5,7-9,11H,3-4,6H2,1-2H3. The summed E-state index contributed by atoms with van der Waals surface area (Å²) in [7, 11) is 0. The molecular formula is C14H17FN2O3. The molecule has 0 bridgehead atoms. The molecule has 0 aromatic heterocycles. The van der Waals surface area contributed by atoms with E-state index >= 15 is 0 Å². The normalized spacial score (nSPS) is 22.1. The summed E-state index contributed by atoms with van der Waals surface area (Å²) in [4.78, 5) is 24.2. The van der Waals surface area contributed by atoms with E-state index in [0.29, 0.717) is 0 Å². The van der Waals surface area contributed by atoms with Gasteiger partial charge >= 0.3 is 5.69 Å². The molecule has 2 unspecified atom stereocenters. The van der Waals surface area contributed by atoms with Gasteiger partial charge < -0.3 is 4.90 Å². The van der Waals surface area contributed by atoms with Crippen LogP contribution in [-0.2, 0) is 0 Å². The number of rotatable bonds is 3. The molecule has 20 heavy (non-hydrogen) atoms. The highest BCUT2D eigenvalue weighted by atomic mass is 19.1. The minimum absolute atomic E-state index is 0.108. The fourth-order valence-corrected chi connectivity index (χ4v) is 2.77. The van der Waals surface area contributed by atoms with Crippen LogP contribution in [0.1, 0.15) is 43.5 Å². The molecule has 6 heteroatoms. The van der Waals surface area contributed by atoms with Crippen molar-refractivity contribution in [3.63, 3.8) is 0 Å². The van der Waals surface area contributed by atoms with Crippen LogP contribution in [0.3, 0.4) is 0 Å². The fraction of sp³-hybridized carbons (Fsp3) is 0.500. The lowest BCUT2D eigenvalue weighted by Gasteiger charge is -2.28. The van der Waals surface area contributed by atoms with Crippen molar-refractivity contribution in [2.45, 2.75) is 45.2 Å². The molecule has 0 spiro atoms. The van der Waals surface area contributed by atoms with Gasteiger partial charge in [-0.15, -0.1) is 0 Å². The molecule has 2 atom stereocenters. The van der Waals surface area contributed by atoms with Gasteiger partial charge in [-0.05, 0) is 38.3 Å². The highest BCUT2D eigenvalue weighted by molar-refractivity contribution is 5.95. The minimum Gasteiger partial charge on any atom is -0.333 e. The summed E-state index contributed by atoms with van der Waals surface area (Å²) in [6.07, 6.45) is 2.71. The van der Waals surface area contributed by atoms with Crippen LogP contribution in [0.4, 0.5) is 10.1 Å². The zero-order valence-corrected chi connectivity index (χ0v) is 11.5. The number of carbonyl (C=O) groups excluding carboxylic acids is 1. The van der Waals surface area contributed by atoms with Crippen molar-refractivity contribution >= 4 is 11.6 Å². The van der Waals surface area contributed by atoms with E-state index in [1.165, 1.54) is 6.07 Å². The smallest absolute Gasteiger partial charge is 0.305 e. The number of hydrogen-bond donors (Lipinski definition) is 0.